The number of rotatable bonds is 7. The molecule has 21 heavy (non-hydrogen) atoms. The van der Waals surface area contributed by atoms with Crippen LogP contribution >= 0.6 is 0 Å². The number of hydrogen-bond acceptors (Lipinski definition) is 5. The summed E-state index contributed by atoms with van der Waals surface area (Å²) in [7, 11) is 0. The van der Waals surface area contributed by atoms with Crippen molar-refractivity contribution in [1.82, 2.24) is 5.23 Å². The Morgan fingerprint density at radius 1 is 1.62 bits per heavy atom. The van der Waals surface area contributed by atoms with Gasteiger partial charge in [-0.2, -0.15) is 0 Å². The van der Waals surface area contributed by atoms with Crippen LogP contribution in [0.25, 0.3) is 0 Å². The van der Waals surface area contributed by atoms with Crippen LogP contribution in [0.3, 0.4) is 0 Å². The molecule has 0 spiro atoms. The van der Waals surface area contributed by atoms with E-state index in [-0.39, 0.29) is 24.2 Å². The van der Waals surface area contributed by atoms with Crippen molar-refractivity contribution in [3.63, 3.8) is 0 Å². The van der Waals surface area contributed by atoms with Crippen LogP contribution in [0.4, 0.5) is 0 Å². The zero-order valence-electron chi connectivity index (χ0n) is 13.3. The molecule has 118 valence electrons. The number of carbonyl (C=O) groups excluding carboxylic acids is 1. The lowest BCUT2D eigenvalue weighted by Crippen LogP contribution is -2.36. The predicted molar refractivity (Wildman–Crippen MR) is 83.8 cm³/mol. The highest BCUT2D eigenvalue weighted by molar-refractivity contribution is 5.99. The SMILES string of the molecule is C=CCC1=C(C)[C@@H](ON([O-])[C@H](C)[C@H](C)/C=C(/C)N)CC1=O. The summed E-state index contributed by atoms with van der Waals surface area (Å²) in [5.74, 6) is -0.00858. The highest BCUT2D eigenvalue weighted by atomic mass is 16.9. The van der Waals surface area contributed by atoms with Crippen LogP contribution in [-0.2, 0) is 9.63 Å². The van der Waals surface area contributed by atoms with E-state index in [1.54, 1.807) is 19.9 Å². The fraction of sp³-hybridized carbons (Fsp3) is 0.562. The van der Waals surface area contributed by atoms with Crippen molar-refractivity contribution in [3.8, 4) is 0 Å². The van der Waals surface area contributed by atoms with Crippen LogP contribution in [-0.4, -0.2) is 23.2 Å². The number of carbonyl (C=O) groups is 1. The van der Waals surface area contributed by atoms with E-state index in [4.69, 9.17) is 10.6 Å². The molecule has 1 aliphatic carbocycles. The molecule has 0 saturated carbocycles. The molecule has 0 fully saturated rings. The normalized spacial score (nSPS) is 22.9. The van der Waals surface area contributed by atoms with E-state index in [2.05, 4.69) is 6.58 Å². The minimum atomic E-state index is -0.470. The number of hydrogen-bond donors (Lipinski definition) is 1. The number of nitrogens with two attached hydrogens (primary N) is 1. The summed E-state index contributed by atoms with van der Waals surface area (Å²) in [5, 5.41) is 12.7. The summed E-state index contributed by atoms with van der Waals surface area (Å²) >= 11 is 0. The number of allylic oxidation sites excluding steroid dienone is 3. The van der Waals surface area contributed by atoms with Gasteiger partial charge in [0, 0.05) is 23.7 Å². The molecule has 0 heterocycles. The molecule has 5 heteroatoms. The van der Waals surface area contributed by atoms with E-state index in [0.717, 1.165) is 5.57 Å². The first kappa shape index (κ1) is 17.6. The second-order valence-corrected chi connectivity index (χ2v) is 5.67. The molecule has 0 aromatic rings. The topological polar surface area (TPSA) is 78.6 Å². The maximum atomic E-state index is 12.1. The van der Waals surface area contributed by atoms with Gasteiger partial charge in [-0.15, -0.1) is 6.58 Å². The lowest BCUT2D eigenvalue weighted by atomic mass is 10.0. The van der Waals surface area contributed by atoms with Crippen molar-refractivity contribution in [2.45, 2.75) is 52.7 Å². The quantitative estimate of drug-likeness (QED) is 0.577. The van der Waals surface area contributed by atoms with Crippen molar-refractivity contribution < 1.29 is 9.63 Å². The molecule has 0 bridgehead atoms. The van der Waals surface area contributed by atoms with Crippen LogP contribution in [0.1, 0.15) is 40.5 Å². The van der Waals surface area contributed by atoms with Gasteiger partial charge in [-0.1, -0.05) is 19.1 Å². The summed E-state index contributed by atoms with van der Waals surface area (Å²) in [6, 6.07) is -0.380. The first-order valence-electron chi connectivity index (χ1n) is 7.18. The predicted octanol–water partition coefficient (Wildman–Crippen LogP) is 2.84. The van der Waals surface area contributed by atoms with Gasteiger partial charge in [-0.05, 0) is 38.7 Å². The summed E-state index contributed by atoms with van der Waals surface area (Å²) < 4.78 is 0. The van der Waals surface area contributed by atoms with E-state index in [1.165, 1.54) is 0 Å². The molecule has 0 aliphatic heterocycles. The van der Waals surface area contributed by atoms with Gasteiger partial charge in [0.25, 0.3) is 0 Å². The molecule has 1 aliphatic rings. The third-order valence-corrected chi connectivity index (χ3v) is 3.87. The van der Waals surface area contributed by atoms with Crippen molar-refractivity contribution in [2.75, 3.05) is 0 Å². The summed E-state index contributed by atoms with van der Waals surface area (Å²) in [5.41, 5.74) is 7.83. The van der Waals surface area contributed by atoms with Gasteiger partial charge in [0.1, 0.15) is 6.10 Å². The van der Waals surface area contributed by atoms with Crippen molar-refractivity contribution in [2.24, 2.45) is 11.7 Å². The molecule has 0 aromatic heterocycles. The lowest BCUT2D eigenvalue weighted by Gasteiger charge is -2.38. The van der Waals surface area contributed by atoms with Crippen molar-refractivity contribution in [3.05, 3.63) is 40.8 Å². The number of Topliss-reactive ketones (excluding diaryl/α,β-unsaturated/α-hetero) is 1. The van der Waals surface area contributed by atoms with E-state index in [0.29, 0.717) is 22.9 Å². The lowest BCUT2D eigenvalue weighted by molar-refractivity contribution is -0.179. The molecule has 0 amide bonds. The Bertz CT molecular complexity index is 464. The van der Waals surface area contributed by atoms with Crippen LogP contribution in [0.15, 0.2) is 35.6 Å². The highest BCUT2D eigenvalue weighted by Gasteiger charge is 2.30. The largest absolute Gasteiger partial charge is 0.762 e. The van der Waals surface area contributed by atoms with Gasteiger partial charge in [0.15, 0.2) is 5.78 Å². The van der Waals surface area contributed by atoms with Crippen LogP contribution in [0.5, 0.6) is 0 Å². The summed E-state index contributed by atoms with van der Waals surface area (Å²) in [6.45, 7) is 10.9. The zero-order valence-corrected chi connectivity index (χ0v) is 13.3. The Kier molecular flexibility index (Phi) is 6.33. The maximum Gasteiger partial charge on any atom is 0.162 e. The molecule has 0 radical (unpaired) electrons. The Labute approximate surface area is 126 Å². The molecule has 2 N–H and O–H groups in total. The fourth-order valence-electron chi connectivity index (χ4n) is 2.36. The average Bonchev–Trinajstić information content (AvgIpc) is 2.65. The molecule has 0 aromatic carbocycles. The number of nitrogens with zero attached hydrogens (tertiary/aromatic N) is 1. The van der Waals surface area contributed by atoms with Crippen molar-refractivity contribution in [1.29, 1.82) is 0 Å². The van der Waals surface area contributed by atoms with Crippen LogP contribution in [0, 0.1) is 11.1 Å². The first-order valence-corrected chi connectivity index (χ1v) is 7.18. The Hall–Kier alpha value is -1.43. The second kappa shape index (κ2) is 7.54. The van der Waals surface area contributed by atoms with E-state index < -0.39 is 6.10 Å². The van der Waals surface area contributed by atoms with E-state index in [1.807, 2.05) is 19.9 Å². The van der Waals surface area contributed by atoms with Crippen LogP contribution in [0.2, 0.25) is 0 Å². The molecule has 0 unspecified atom stereocenters. The molecule has 5 nitrogen and oxygen atoms in total. The van der Waals surface area contributed by atoms with E-state index >= 15 is 0 Å². The fourth-order valence-corrected chi connectivity index (χ4v) is 2.36. The average molecular weight is 293 g/mol. The van der Waals surface area contributed by atoms with Gasteiger partial charge >= 0.3 is 0 Å². The Balaban J connectivity index is 2.71. The smallest absolute Gasteiger partial charge is 0.162 e. The van der Waals surface area contributed by atoms with Gasteiger partial charge in [-0.25, -0.2) is 0 Å². The number of ketones is 1. The Morgan fingerprint density at radius 2 is 2.24 bits per heavy atom. The molecular weight excluding hydrogens is 268 g/mol. The minimum Gasteiger partial charge on any atom is -0.762 e. The maximum absolute atomic E-state index is 12.1. The molecule has 0 saturated heterocycles. The Morgan fingerprint density at radius 3 is 2.76 bits per heavy atom. The third kappa shape index (κ3) is 4.52. The monoisotopic (exact) mass is 293 g/mol. The highest BCUT2D eigenvalue weighted by Crippen LogP contribution is 2.29. The van der Waals surface area contributed by atoms with Gasteiger partial charge < -0.3 is 15.8 Å². The van der Waals surface area contributed by atoms with Gasteiger partial charge in [0.2, 0.25) is 0 Å². The van der Waals surface area contributed by atoms with Gasteiger partial charge in [-0.3, -0.25) is 10.0 Å². The van der Waals surface area contributed by atoms with E-state index in [9.17, 15) is 10.0 Å². The van der Waals surface area contributed by atoms with Gasteiger partial charge in [0.05, 0.1) is 0 Å². The first-order chi connectivity index (χ1) is 9.77. The second-order valence-electron chi connectivity index (χ2n) is 5.67. The standard InChI is InChI=1S/C16H25N2O3/c1-6-7-14-12(4)16(9-15(14)19)21-18(20)13(5)10(2)8-11(3)17/h6,8,10,13,16H,1,7,9,17H2,2-5H3/q-1/b11-8-/t10-,13-,16+/m1/s1. The molecular formula is C16H25N2O3-. The third-order valence-electron chi connectivity index (χ3n) is 3.87. The summed E-state index contributed by atoms with van der Waals surface area (Å²) in [6.07, 6.45) is 3.78. The zero-order chi connectivity index (χ0) is 16.2. The van der Waals surface area contributed by atoms with Crippen LogP contribution < -0.4 is 5.73 Å². The molecule has 1 rings (SSSR count). The minimum absolute atomic E-state index is 0.0317. The number of hydroxylamine groups is 2. The molecule has 3 atom stereocenters. The summed E-state index contributed by atoms with van der Waals surface area (Å²) in [4.78, 5) is 17.3. The van der Waals surface area contributed by atoms with Crippen molar-refractivity contribution >= 4 is 5.78 Å².